The number of hydrogen-bond acceptors (Lipinski definition) is 2. The second kappa shape index (κ2) is 6.57. The van der Waals surface area contributed by atoms with Crippen molar-refractivity contribution in [3.8, 4) is 0 Å². The molecule has 1 aliphatic heterocycles. The molecule has 5 heteroatoms. The number of carbonyl (C=O) groups excluding carboxylic acids is 1. The average molecular weight is 259 g/mol. The number of rotatable bonds is 3. The second-order valence-electron chi connectivity index (χ2n) is 3.99. The Morgan fingerprint density at radius 3 is 2.71 bits per heavy atom. The van der Waals surface area contributed by atoms with E-state index in [1.807, 2.05) is 0 Å². The predicted molar refractivity (Wildman–Crippen MR) is 66.5 cm³/mol. The van der Waals surface area contributed by atoms with Gasteiger partial charge >= 0.3 is 0 Å². The fourth-order valence-corrected chi connectivity index (χ4v) is 1.82. The molecule has 1 amide bonds. The van der Waals surface area contributed by atoms with Gasteiger partial charge in [-0.3, -0.25) is 4.79 Å². The second-order valence-corrected chi connectivity index (χ2v) is 3.99. The van der Waals surface area contributed by atoms with Crippen LogP contribution in [0.2, 0.25) is 0 Å². The van der Waals surface area contributed by atoms with Crippen molar-refractivity contribution in [3.05, 3.63) is 35.6 Å². The third kappa shape index (κ3) is 3.98. The van der Waals surface area contributed by atoms with Crippen LogP contribution < -0.4 is 10.6 Å². The van der Waals surface area contributed by atoms with Crippen molar-refractivity contribution >= 4 is 18.3 Å². The maximum Gasteiger partial charge on any atom is 0.237 e. The van der Waals surface area contributed by atoms with E-state index in [2.05, 4.69) is 10.6 Å². The molecular formula is C12H16ClFN2O. The van der Waals surface area contributed by atoms with Crippen LogP contribution in [0.4, 0.5) is 4.39 Å². The maximum absolute atomic E-state index is 12.6. The van der Waals surface area contributed by atoms with Crippen LogP contribution in [0.1, 0.15) is 18.4 Å². The van der Waals surface area contributed by atoms with Gasteiger partial charge in [-0.15, -0.1) is 12.4 Å². The molecule has 1 saturated heterocycles. The van der Waals surface area contributed by atoms with E-state index in [0.29, 0.717) is 6.54 Å². The molecule has 94 valence electrons. The van der Waals surface area contributed by atoms with E-state index in [0.717, 1.165) is 24.9 Å². The highest BCUT2D eigenvalue weighted by Gasteiger charge is 2.21. The molecule has 1 aliphatic rings. The summed E-state index contributed by atoms with van der Waals surface area (Å²) in [6.45, 7) is 1.37. The summed E-state index contributed by atoms with van der Waals surface area (Å²) in [4.78, 5) is 11.6. The maximum atomic E-state index is 12.6. The minimum absolute atomic E-state index is 0. The first kappa shape index (κ1) is 13.9. The van der Waals surface area contributed by atoms with Gasteiger partial charge in [-0.1, -0.05) is 12.1 Å². The minimum atomic E-state index is -0.257. The number of benzene rings is 1. The summed E-state index contributed by atoms with van der Waals surface area (Å²) in [6.07, 6.45) is 1.95. The predicted octanol–water partition coefficient (Wildman–Crippen LogP) is 1.62. The van der Waals surface area contributed by atoms with E-state index in [1.54, 1.807) is 12.1 Å². The highest BCUT2D eigenvalue weighted by atomic mass is 35.5. The van der Waals surface area contributed by atoms with Crippen molar-refractivity contribution < 1.29 is 9.18 Å². The Morgan fingerprint density at radius 1 is 1.41 bits per heavy atom. The van der Waals surface area contributed by atoms with Crippen molar-refractivity contribution in [3.63, 3.8) is 0 Å². The molecule has 0 saturated carbocycles. The first-order valence-electron chi connectivity index (χ1n) is 5.51. The molecule has 1 heterocycles. The van der Waals surface area contributed by atoms with Crippen LogP contribution in [0.25, 0.3) is 0 Å². The molecular weight excluding hydrogens is 243 g/mol. The van der Waals surface area contributed by atoms with Gasteiger partial charge in [0.1, 0.15) is 5.82 Å². The summed E-state index contributed by atoms with van der Waals surface area (Å²) in [5.74, 6) is -0.227. The third-order valence-electron chi connectivity index (χ3n) is 2.76. The van der Waals surface area contributed by atoms with E-state index < -0.39 is 0 Å². The summed E-state index contributed by atoms with van der Waals surface area (Å²) in [6, 6.07) is 6.10. The van der Waals surface area contributed by atoms with Gasteiger partial charge in [0.05, 0.1) is 6.04 Å². The fourth-order valence-electron chi connectivity index (χ4n) is 1.82. The molecule has 1 atom stereocenters. The van der Waals surface area contributed by atoms with E-state index in [1.165, 1.54) is 12.1 Å². The minimum Gasteiger partial charge on any atom is -0.351 e. The van der Waals surface area contributed by atoms with Crippen LogP contribution in [0.5, 0.6) is 0 Å². The molecule has 0 aliphatic carbocycles. The van der Waals surface area contributed by atoms with Crippen LogP contribution >= 0.6 is 12.4 Å². The molecule has 0 radical (unpaired) electrons. The van der Waals surface area contributed by atoms with Gasteiger partial charge in [-0.2, -0.15) is 0 Å². The Morgan fingerprint density at radius 2 is 2.12 bits per heavy atom. The van der Waals surface area contributed by atoms with Gasteiger partial charge in [-0.05, 0) is 37.1 Å². The Bertz CT molecular complexity index is 363. The molecule has 0 aromatic heterocycles. The van der Waals surface area contributed by atoms with Crippen LogP contribution in [0, 0.1) is 5.82 Å². The van der Waals surface area contributed by atoms with E-state index >= 15 is 0 Å². The average Bonchev–Trinajstić information content (AvgIpc) is 2.81. The Hall–Kier alpha value is -1.13. The highest BCUT2D eigenvalue weighted by Crippen LogP contribution is 2.06. The summed E-state index contributed by atoms with van der Waals surface area (Å²) in [5.41, 5.74) is 0.910. The molecule has 1 aromatic rings. The standard InChI is InChI=1S/C12H15FN2O.ClH/c13-10-5-3-9(4-6-10)8-15-12(16)11-2-1-7-14-11;/h3-6,11,14H,1-2,7-8H2,(H,15,16);1H. The van der Waals surface area contributed by atoms with Crippen LogP contribution in [-0.4, -0.2) is 18.5 Å². The summed E-state index contributed by atoms with van der Waals surface area (Å²) in [5, 5.41) is 5.97. The first-order chi connectivity index (χ1) is 7.75. The molecule has 1 aromatic carbocycles. The van der Waals surface area contributed by atoms with Crippen LogP contribution in [0.3, 0.4) is 0 Å². The normalized spacial score (nSPS) is 18.5. The zero-order valence-corrected chi connectivity index (χ0v) is 10.2. The molecule has 17 heavy (non-hydrogen) atoms. The van der Waals surface area contributed by atoms with E-state index in [4.69, 9.17) is 0 Å². The zero-order chi connectivity index (χ0) is 11.4. The van der Waals surface area contributed by atoms with E-state index in [-0.39, 0.29) is 30.2 Å². The molecule has 2 rings (SSSR count). The van der Waals surface area contributed by atoms with Gasteiger partial charge < -0.3 is 10.6 Å². The SMILES string of the molecule is Cl.O=C(NCc1ccc(F)cc1)C1CCCN1. The molecule has 2 N–H and O–H groups in total. The number of nitrogens with one attached hydrogen (secondary N) is 2. The topological polar surface area (TPSA) is 41.1 Å². The van der Waals surface area contributed by atoms with Crippen molar-refractivity contribution in [2.24, 2.45) is 0 Å². The number of carbonyl (C=O) groups is 1. The molecule has 1 fully saturated rings. The lowest BCUT2D eigenvalue weighted by Crippen LogP contribution is -2.39. The van der Waals surface area contributed by atoms with Gasteiger partial charge in [0.25, 0.3) is 0 Å². The Labute approximate surface area is 106 Å². The zero-order valence-electron chi connectivity index (χ0n) is 9.41. The lowest BCUT2D eigenvalue weighted by Gasteiger charge is -2.10. The summed E-state index contributed by atoms with van der Waals surface area (Å²) >= 11 is 0. The lowest BCUT2D eigenvalue weighted by molar-refractivity contribution is -0.122. The Balaban J connectivity index is 0.00000144. The van der Waals surface area contributed by atoms with Crippen molar-refractivity contribution in [2.75, 3.05) is 6.54 Å². The van der Waals surface area contributed by atoms with Crippen LogP contribution in [0.15, 0.2) is 24.3 Å². The van der Waals surface area contributed by atoms with Gasteiger partial charge in [0, 0.05) is 6.54 Å². The number of amides is 1. The Kier molecular flexibility index (Phi) is 5.38. The molecule has 0 spiro atoms. The van der Waals surface area contributed by atoms with Gasteiger partial charge in [0.15, 0.2) is 0 Å². The first-order valence-corrected chi connectivity index (χ1v) is 5.51. The lowest BCUT2D eigenvalue weighted by atomic mass is 10.2. The molecule has 0 bridgehead atoms. The fraction of sp³-hybridized carbons (Fsp3) is 0.417. The summed E-state index contributed by atoms with van der Waals surface area (Å²) < 4.78 is 12.6. The highest BCUT2D eigenvalue weighted by molar-refractivity contribution is 5.85. The quantitative estimate of drug-likeness (QED) is 0.865. The molecule has 1 unspecified atom stereocenters. The third-order valence-corrected chi connectivity index (χ3v) is 2.76. The van der Waals surface area contributed by atoms with Crippen molar-refractivity contribution in [1.82, 2.24) is 10.6 Å². The van der Waals surface area contributed by atoms with Crippen molar-refractivity contribution in [1.29, 1.82) is 0 Å². The smallest absolute Gasteiger partial charge is 0.237 e. The number of halogens is 2. The van der Waals surface area contributed by atoms with Crippen LogP contribution in [-0.2, 0) is 11.3 Å². The van der Waals surface area contributed by atoms with E-state index in [9.17, 15) is 9.18 Å². The van der Waals surface area contributed by atoms with Crippen molar-refractivity contribution in [2.45, 2.75) is 25.4 Å². The largest absolute Gasteiger partial charge is 0.351 e. The molecule has 3 nitrogen and oxygen atoms in total. The summed E-state index contributed by atoms with van der Waals surface area (Å²) in [7, 11) is 0. The number of hydrogen-bond donors (Lipinski definition) is 2. The van der Waals surface area contributed by atoms with Gasteiger partial charge in [0.2, 0.25) is 5.91 Å². The van der Waals surface area contributed by atoms with Gasteiger partial charge in [-0.25, -0.2) is 4.39 Å². The monoisotopic (exact) mass is 258 g/mol.